The van der Waals surface area contributed by atoms with Gasteiger partial charge in [-0.2, -0.15) is 0 Å². The smallest absolute Gasteiger partial charge is 0.0376 e. The van der Waals surface area contributed by atoms with Crippen molar-refractivity contribution in [1.29, 1.82) is 0 Å². The van der Waals surface area contributed by atoms with Crippen molar-refractivity contribution in [2.24, 2.45) is 17.3 Å². The van der Waals surface area contributed by atoms with Crippen LogP contribution in [0.2, 0.25) is 0 Å². The topological polar surface area (TPSA) is 12.0 Å². The molecular formula is C18H27N. The number of fused-ring (bicyclic) bond motifs is 1. The second-order valence-electron chi connectivity index (χ2n) is 7.55. The highest BCUT2D eigenvalue weighted by Crippen LogP contribution is 2.46. The molecule has 1 aliphatic carbocycles. The van der Waals surface area contributed by atoms with Gasteiger partial charge >= 0.3 is 0 Å². The minimum Gasteiger partial charge on any atom is -0.384 e. The summed E-state index contributed by atoms with van der Waals surface area (Å²) in [4.78, 5) is 0. The third-order valence-electron chi connectivity index (χ3n) is 5.44. The molecule has 0 saturated heterocycles. The maximum absolute atomic E-state index is 3.59. The van der Waals surface area contributed by atoms with Crippen molar-refractivity contribution in [1.82, 2.24) is 0 Å². The first-order valence-corrected chi connectivity index (χ1v) is 7.88. The minimum atomic E-state index is 0.497. The molecule has 104 valence electrons. The minimum absolute atomic E-state index is 0.497. The molecule has 2 aliphatic rings. The molecule has 0 spiro atoms. The number of benzene rings is 1. The molecule has 0 amide bonds. The molecule has 1 unspecified atom stereocenters. The Hall–Kier alpha value is -0.980. The summed E-state index contributed by atoms with van der Waals surface area (Å²) in [6.45, 7) is 8.38. The molecule has 0 bridgehead atoms. The molecule has 1 fully saturated rings. The Morgan fingerprint density at radius 1 is 1.00 bits per heavy atom. The van der Waals surface area contributed by atoms with Crippen LogP contribution in [0.5, 0.6) is 0 Å². The first-order valence-electron chi connectivity index (χ1n) is 7.88. The van der Waals surface area contributed by atoms with Crippen molar-refractivity contribution in [3.63, 3.8) is 0 Å². The van der Waals surface area contributed by atoms with Gasteiger partial charge in [0.05, 0.1) is 0 Å². The molecule has 1 nitrogen and oxygen atoms in total. The van der Waals surface area contributed by atoms with Gasteiger partial charge < -0.3 is 5.32 Å². The van der Waals surface area contributed by atoms with E-state index in [2.05, 4.69) is 50.4 Å². The second kappa shape index (κ2) is 4.85. The van der Waals surface area contributed by atoms with Crippen LogP contribution in [0.1, 0.15) is 57.9 Å². The van der Waals surface area contributed by atoms with Gasteiger partial charge in [-0.3, -0.25) is 0 Å². The standard InChI is InChI=1S/C18H27N/c1-18(2,3)14-10-8-13(9-11-14)16-12-19-17-7-5-4-6-15(16)17/h4-7,13-14,16,19H,8-12H2,1-3H3. The van der Waals surface area contributed by atoms with Crippen molar-refractivity contribution < 1.29 is 0 Å². The van der Waals surface area contributed by atoms with Crippen LogP contribution in [0, 0.1) is 17.3 Å². The summed E-state index contributed by atoms with van der Waals surface area (Å²) < 4.78 is 0. The largest absolute Gasteiger partial charge is 0.384 e. The van der Waals surface area contributed by atoms with Crippen molar-refractivity contribution in [3.8, 4) is 0 Å². The van der Waals surface area contributed by atoms with Gasteiger partial charge in [-0.25, -0.2) is 0 Å². The van der Waals surface area contributed by atoms with Crippen molar-refractivity contribution in [2.45, 2.75) is 52.4 Å². The van der Waals surface area contributed by atoms with E-state index in [1.165, 1.54) is 31.4 Å². The summed E-state index contributed by atoms with van der Waals surface area (Å²) >= 11 is 0. The fraction of sp³-hybridized carbons (Fsp3) is 0.667. The summed E-state index contributed by atoms with van der Waals surface area (Å²) in [6.07, 6.45) is 5.69. The molecule has 3 rings (SSSR count). The molecule has 19 heavy (non-hydrogen) atoms. The normalized spacial score (nSPS) is 30.8. The quantitative estimate of drug-likeness (QED) is 0.742. The lowest BCUT2D eigenvalue weighted by Crippen LogP contribution is -2.28. The fourth-order valence-corrected chi connectivity index (χ4v) is 4.12. The summed E-state index contributed by atoms with van der Waals surface area (Å²) in [5.41, 5.74) is 3.45. The second-order valence-corrected chi connectivity index (χ2v) is 7.55. The highest BCUT2D eigenvalue weighted by Gasteiger charge is 2.35. The Bertz CT molecular complexity index is 435. The molecule has 0 radical (unpaired) electrons. The van der Waals surface area contributed by atoms with Crippen molar-refractivity contribution in [3.05, 3.63) is 29.8 Å². The monoisotopic (exact) mass is 257 g/mol. The van der Waals surface area contributed by atoms with E-state index >= 15 is 0 Å². The number of hydrogen-bond donors (Lipinski definition) is 1. The number of anilines is 1. The number of nitrogens with one attached hydrogen (secondary N) is 1. The van der Waals surface area contributed by atoms with Crippen molar-refractivity contribution >= 4 is 5.69 Å². The maximum atomic E-state index is 3.59. The van der Waals surface area contributed by atoms with Crippen LogP contribution in [0.3, 0.4) is 0 Å². The average Bonchev–Trinajstić information content (AvgIpc) is 2.82. The van der Waals surface area contributed by atoms with E-state index in [1.54, 1.807) is 5.56 Å². The van der Waals surface area contributed by atoms with Gasteiger partial charge in [0.1, 0.15) is 0 Å². The van der Waals surface area contributed by atoms with Crippen LogP contribution in [-0.2, 0) is 0 Å². The van der Waals surface area contributed by atoms with Gasteiger partial charge in [0, 0.05) is 18.2 Å². The molecular weight excluding hydrogens is 230 g/mol. The third kappa shape index (κ3) is 2.52. The lowest BCUT2D eigenvalue weighted by Gasteiger charge is -2.38. The maximum Gasteiger partial charge on any atom is 0.0376 e. The van der Waals surface area contributed by atoms with Crippen molar-refractivity contribution in [2.75, 3.05) is 11.9 Å². The van der Waals surface area contributed by atoms with Gasteiger partial charge in [0.2, 0.25) is 0 Å². The first-order chi connectivity index (χ1) is 9.05. The molecule has 1 aromatic rings. The van der Waals surface area contributed by atoms with Crippen LogP contribution in [0.25, 0.3) is 0 Å². The van der Waals surface area contributed by atoms with Crippen LogP contribution in [0.4, 0.5) is 5.69 Å². The molecule has 1 aliphatic heterocycles. The van der Waals surface area contributed by atoms with E-state index < -0.39 is 0 Å². The van der Waals surface area contributed by atoms with E-state index in [4.69, 9.17) is 0 Å². The zero-order valence-electron chi connectivity index (χ0n) is 12.6. The summed E-state index contributed by atoms with van der Waals surface area (Å²) in [6, 6.07) is 8.90. The Morgan fingerprint density at radius 3 is 2.37 bits per heavy atom. The molecule has 1 heteroatoms. The fourth-order valence-electron chi connectivity index (χ4n) is 4.12. The summed E-state index contributed by atoms with van der Waals surface area (Å²) in [5, 5.41) is 3.59. The summed E-state index contributed by atoms with van der Waals surface area (Å²) in [7, 11) is 0. The van der Waals surface area contributed by atoms with E-state index in [9.17, 15) is 0 Å². The van der Waals surface area contributed by atoms with E-state index in [-0.39, 0.29) is 0 Å². The Labute approximate surface area is 117 Å². The molecule has 1 heterocycles. The lowest BCUT2D eigenvalue weighted by atomic mass is 9.67. The predicted molar refractivity (Wildman–Crippen MR) is 82.6 cm³/mol. The predicted octanol–water partition coefficient (Wildman–Crippen LogP) is 5.05. The molecule has 1 saturated carbocycles. The average molecular weight is 257 g/mol. The Kier molecular flexibility index (Phi) is 3.32. The molecule has 1 atom stereocenters. The van der Waals surface area contributed by atoms with Crippen LogP contribution < -0.4 is 5.32 Å². The van der Waals surface area contributed by atoms with Gasteiger partial charge in [-0.05, 0) is 54.6 Å². The van der Waals surface area contributed by atoms with E-state index in [0.29, 0.717) is 5.41 Å². The first kappa shape index (κ1) is 13.0. The Morgan fingerprint density at radius 2 is 1.68 bits per heavy atom. The van der Waals surface area contributed by atoms with E-state index in [1.807, 2.05) is 0 Å². The zero-order valence-corrected chi connectivity index (χ0v) is 12.6. The molecule has 1 aromatic carbocycles. The van der Waals surface area contributed by atoms with Crippen LogP contribution in [-0.4, -0.2) is 6.54 Å². The van der Waals surface area contributed by atoms with Crippen LogP contribution in [0.15, 0.2) is 24.3 Å². The number of para-hydroxylation sites is 1. The van der Waals surface area contributed by atoms with Gasteiger partial charge in [0.15, 0.2) is 0 Å². The third-order valence-corrected chi connectivity index (χ3v) is 5.44. The number of rotatable bonds is 1. The highest BCUT2D eigenvalue weighted by atomic mass is 14.9. The van der Waals surface area contributed by atoms with Crippen LogP contribution >= 0.6 is 0 Å². The molecule has 1 N–H and O–H groups in total. The highest BCUT2D eigenvalue weighted by molar-refractivity contribution is 5.57. The lowest BCUT2D eigenvalue weighted by molar-refractivity contribution is 0.141. The van der Waals surface area contributed by atoms with E-state index in [0.717, 1.165) is 24.3 Å². The SMILES string of the molecule is CC(C)(C)C1CCC(C2CNc3ccccc32)CC1. The van der Waals surface area contributed by atoms with Gasteiger partial charge in [-0.1, -0.05) is 39.0 Å². The zero-order chi connectivity index (χ0) is 13.5. The number of hydrogen-bond acceptors (Lipinski definition) is 1. The Balaban J connectivity index is 1.67. The van der Waals surface area contributed by atoms with Gasteiger partial charge in [-0.15, -0.1) is 0 Å². The summed E-state index contributed by atoms with van der Waals surface area (Å²) in [5.74, 6) is 2.58. The molecule has 0 aromatic heterocycles. The van der Waals surface area contributed by atoms with Gasteiger partial charge in [0.25, 0.3) is 0 Å².